The fraction of sp³-hybridized carbons (Fsp3) is 0.857. The molecule has 0 unspecified atom stereocenters. The van der Waals surface area contributed by atoms with E-state index in [1.807, 2.05) is 0 Å². The molecule has 0 aromatic heterocycles. The van der Waals surface area contributed by atoms with Crippen LogP contribution < -0.4 is 0 Å². The maximum absolute atomic E-state index is 13.5. The number of unbranched alkanes of at least 4 members (excludes halogenated alkanes) is 36. The van der Waals surface area contributed by atoms with Gasteiger partial charge in [0, 0.05) is 0 Å². The second kappa shape index (κ2) is 47.9. The van der Waals surface area contributed by atoms with Crippen molar-refractivity contribution in [2.24, 2.45) is 17.8 Å². The van der Waals surface area contributed by atoms with Crippen LogP contribution in [0, 0.1) is 17.8 Å². The number of rotatable bonds is 51. The molecule has 0 fully saturated rings. The Labute approximate surface area is 428 Å². The molecule has 0 atom stereocenters. The Balaban J connectivity index is 2.44. The van der Waals surface area contributed by atoms with Gasteiger partial charge in [0.2, 0.25) is 0 Å². The first-order valence-electron chi connectivity index (χ1n) is 30.3. The van der Waals surface area contributed by atoms with Crippen molar-refractivity contribution in [1.29, 1.82) is 0 Å². The number of hydrogen-bond acceptors (Lipinski definition) is 6. The smallest absolute Gasteiger partial charge is 0.339 e. The van der Waals surface area contributed by atoms with Crippen LogP contribution in [-0.4, -0.2) is 37.7 Å². The highest BCUT2D eigenvalue weighted by atomic mass is 16.5. The van der Waals surface area contributed by atoms with E-state index >= 15 is 0 Å². The van der Waals surface area contributed by atoms with Crippen molar-refractivity contribution in [2.75, 3.05) is 19.8 Å². The molecule has 0 aliphatic rings. The van der Waals surface area contributed by atoms with E-state index in [0.717, 1.165) is 75.5 Å². The van der Waals surface area contributed by atoms with Gasteiger partial charge >= 0.3 is 17.9 Å². The van der Waals surface area contributed by atoms with E-state index in [2.05, 4.69) is 41.5 Å². The maximum Gasteiger partial charge on any atom is 0.339 e. The van der Waals surface area contributed by atoms with Crippen LogP contribution in [0.1, 0.15) is 342 Å². The normalized spacial score (nSPS) is 11.6. The summed E-state index contributed by atoms with van der Waals surface area (Å²) in [5.74, 6) is 0.887. The third kappa shape index (κ3) is 41.9. The molecule has 402 valence electrons. The Hall–Kier alpha value is -2.37. The molecule has 0 saturated heterocycles. The minimum atomic E-state index is -0.588. The first-order chi connectivity index (χ1) is 33.6. The summed E-state index contributed by atoms with van der Waals surface area (Å²) in [6.07, 6.45) is 53.2. The fourth-order valence-corrected chi connectivity index (χ4v) is 9.55. The van der Waals surface area contributed by atoms with Crippen LogP contribution in [0.15, 0.2) is 18.2 Å². The van der Waals surface area contributed by atoms with Crippen molar-refractivity contribution in [2.45, 2.75) is 311 Å². The van der Waals surface area contributed by atoms with E-state index < -0.39 is 17.9 Å². The van der Waals surface area contributed by atoms with E-state index in [4.69, 9.17) is 14.2 Å². The lowest BCUT2D eigenvalue weighted by molar-refractivity contribution is 0.0447. The summed E-state index contributed by atoms with van der Waals surface area (Å²) in [4.78, 5) is 40.0. The largest absolute Gasteiger partial charge is 0.462 e. The van der Waals surface area contributed by atoms with Crippen molar-refractivity contribution < 1.29 is 28.6 Å². The molecule has 0 spiro atoms. The van der Waals surface area contributed by atoms with E-state index in [0.29, 0.717) is 13.2 Å². The van der Waals surface area contributed by atoms with Crippen LogP contribution in [0.5, 0.6) is 0 Å². The second-order valence-electron chi connectivity index (χ2n) is 22.5. The molecular formula is C63H114O6. The Morgan fingerprint density at radius 2 is 0.507 bits per heavy atom. The quantitative estimate of drug-likeness (QED) is 0.0368. The molecule has 6 heteroatoms. The SMILES string of the molecule is CC(C)CCCCCCCCCCCCCCCOC(=O)c1ccc(C(=O)OCCCCCCCCCCCCCCCC(C)C)c(C(=O)OCCCCCCCCCCCCCCCC(C)C)c1. The zero-order chi connectivity index (χ0) is 50.3. The summed E-state index contributed by atoms with van der Waals surface area (Å²) >= 11 is 0. The van der Waals surface area contributed by atoms with Crippen molar-refractivity contribution in [1.82, 2.24) is 0 Å². The summed E-state index contributed by atoms with van der Waals surface area (Å²) in [6, 6.07) is 4.57. The molecule has 1 rings (SSSR count). The summed E-state index contributed by atoms with van der Waals surface area (Å²) in [5, 5.41) is 0. The Morgan fingerprint density at radius 3 is 0.768 bits per heavy atom. The second-order valence-corrected chi connectivity index (χ2v) is 22.5. The lowest BCUT2D eigenvalue weighted by Gasteiger charge is -2.12. The molecule has 69 heavy (non-hydrogen) atoms. The van der Waals surface area contributed by atoms with Gasteiger partial charge in [0.1, 0.15) is 0 Å². The van der Waals surface area contributed by atoms with E-state index in [1.165, 1.54) is 224 Å². The zero-order valence-electron chi connectivity index (χ0n) is 46.7. The zero-order valence-corrected chi connectivity index (χ0v) is 46.7. The molecule has 0 radical (unpaired) electrons. The topological polar surface area (TPSA) is 78.9 Å². The Bertz CT molecular complexity index is 1320. The van der Waals surface area contributed by atoms with Crippen LogP contribution in [0.4, 0.5) is 0 Å². The van der Waals surface area contributed by atoms with Gasteiger partial charge in [0.05, 0.1) is 36.5 Å². The van der Waals surface area contributed by atoms with Gasteiger partial charge in [-0.25, -0.2) is 14.4 Å². The first-order valence-corrected chi connectivity index (χ1v) is 30.3. The van der Waals surface area contributed by atoms with Gasteiger partial charge in [0.15, 0.2) is 0 Å². The van der Waals surface area contributed by atoms with Gasteiger partial charge in [-0.05, 0) is 55.2 Å². The molecule has 0 N–H and O–H groups in total. The minimum Gasteiger partial charge on any atom is -0.462 e. The lowest BCUT2D eigenvalue weighted by atomic mass is 10.0. The molecular weight excluding hydrogens is 853 g/mol. The summed E-state index contributed by atoms with van der Waals surface area (Å²) in [5.41, 5.74) is 0.487. The first kappa shape index (κ1) is 64.6. The summed E-state index contributed by atoms with van der Waals surface area (Å²) in [6.45, 7) is 14.8. The highest BCUT2D eigenvalue weighted by molar-refractivity contribution is 6.05. The average Bonchev–Trinajstić information content (AvgIpc) is 3.32. The maximum atomic E-state index is 13.5. The highest BCUT2D eigenvalue weighted by Crippen LogP contribution is 2.21. The van der Waals surface area contributed by atoms with Crippen LogP contribution in [0.25, 0.3) is 0 Å². The molecule has 0 bridgehead atoms. The third-order valence-electron chi connectivity index (χ3n) is 14.2. The van der Waals surface area contributed by atoms with E-state index in [1.54, 1.807) is 6.07 Å². The van der Waals surface area contributed by atoms with Gasteiger partial charge in [-0.15, -0.1) is 0 Å². The predicted molar refractivity (Wildman–Crippen MR) is 296 cm³/mol. The number of benzene rings is 1. The number of esters is 3. The van der Waals surface area contributed by atoms with Gasteiger partial charge < -0.3 is 14.2 Å². The lowest BCUT2D eigenvalue weighted by Crippen LogP contribution is -2.17. The standard InChI is InChI=1S/C63H114O6/c1-55(2)46-40-34-28-22-16-10-7-13-19-25-31-37-43-51-67-61(64)58-49-50-59(62(65)68-52-44-38-32-26-20-14-8-11-17-23-29-35-41-47-56(3)4)60(54-58)63(66)69-53-45-39-33-27-21-15-9-12-18-24-30-36-42-48-57(5)6/h49-50,54-57H,7-48,51-53H2,1-6H3. The number of ether oxygens (including phenoxy) is 3. The van der Waals surface area contributed by atoms with Crippen LogP contribution in [0.2, 0.25) is 0 Å². The molecule has 6 nitrogen and oxygen atoms in total. The summed E-state index contributed by atoms with van der Waals surface area (Å²) in [7, 11) is 0. The third-order valence-corrected chi connectivity index (χ3v) is 14.2. The molecule has 1 aromatic carbocycles. The van der Waals surface area contributed by atoms with E-state index in [-0.39, 0.29) is 23.3 Å². The van der Waals surface area contributed by atoms with E-state index in [9.17, 15) is 14.4 Å². The fourth-order valence-electron chi connectivity index (χ4n) is 9.55. The number of carbonyl (C=O) groups excluding carboxylic acids is 3. The molecule has 1 aromatic rings. The predicted octanol–water partition coefficient (Wildman–Crippen LogP) is 20.5. The van der Waals surface area contributed by atoms with Crippen molar-refractivity contribution in [3.8, 4) is 0 Å². The monoisotopic (exact) mass is 967 g/mol. The molecule has 0 saturated carbocycles. The van der Waals surface area contributed by atoms with Gasteiger partial charge in [0.25, 0.3) is 0 Å². The molecule has 0 aliphatic heterocycles. The van der Waals surface area contributed by atoms with Gasteiger partial charge in [-0.3, -0.25) is 0 Å². The average molecular weight is 968 g/mol. The van der Waals surface area contributed by atoms with Crippen LogP contribution in [-0.2, 0) is 14.2 Å². The molecule has 0 aliphatic carbocycles. The number of carbonyl (C=O) groups is 3. The molecule has 0 amide bonds. The molecule has 0 heterocycles. The highest BCUT2D eigenvalue weighted by Gasteiger charge is 2.22. The minimum absolute atomic E-state index is 0.0813. The van der Waals surface area contributed by atoms with Gasteiger partial charge in [-0.1, -0.05) is 292 Å². The Morgan fingerprint density at radius 1 is 0.290 bits per heavy atom. The van der Waals surface area contributed by atoms with Crippen LogP contribution in [0.3, 0.4) is 0 Å². The van der Waals surface area contributed by atoms with Gasteiger partial charge in [-0.2, -0.15) is 0 Å². The van der Waals surface area contributed by atoms with Crippen molar-refractivity contribution in [3.63, 3.8) is 0 Å². The van der Waals surface area contributed by atoms with Crippen molar-refractivity contribution >= 4 is 17.9 Å². The van der Waals surface area contributed by atoms with Crippen molar-refractivity contribution in [3.05, 3.63) is 34.9 Å². The number of hydrogen-bond donors (Lipinski definition) is 0. The van der Waals surface area contributed by atoms with Crippen LogP contribution >= 0.6 is 0 Å². The Kier molecular flexibility index (Phi) is 44.9. The summed E-state index contributed by atoms with van der Waals surface area (Å²) < 4.78 is 17.0.